The zero-order chi connectivity index (χ0) is 19.1. The fourth-order valence-electron chi connectivity index (χ4n) is 3.24. The second kappa shape index (κ2) is 9.46. The predicted octanol–water partition coefficient (Wildman–Crippen LogP) is 3.29. The smallest absolute Gasteiger partial charge is 0.296 e. The molecule has 0 bridgehead atoms. The van der Waals surface area contributed by atoms with Gasteiger partial charge in [0.15, 0.2) is 0 Å². The Hall–Kier alpha value is -1.73. The summed E-state index contributed by atoms with van der Waals surface area (Å²) in [4.78, 5) is 0.213. The van der Waals surface area contributed by atoms with E-state index in [2.05, 4.69) is 17.4 Å². The molecule has 1 heterocycles. The van der Waals surface area contributed by atoms with Gasteiger partial charge in [0.05, 0.1) is 24.7 Å². The van der Waals surface area contributed by atoms with Crippen LogP contribution in [0.25, 0.3) is 0 Å². The zero-order valence-electron chi connectivity index (χ0n) is 15.6. The molecule has 0 saturated carbocycles. The maximum atomic E-state index is 12.2. The van der Waals surface area contributed by atoms with Crippen LogP contribution in [0.2, 0.25) is 0 Å². The van der Waals surface area contributed by atoms with E-state index < -0.39 is 10.1 Å². The number of rotatable bonds is 9. The average molecular weight is 390 g/mol. The topological polar surface area (TPSA) is 64.6 Å². The molecule has 0 aliphatic carbocycles. The van der Waals surface area contributed by atoms with Crippen LogP contribution in [-0.2, 0) is 25.6 Å². The van der Waals surface area contributed by atoms with E-state index in [1.165, 1.54) is 5.56 Å². The third-order valence-corrected chi connectivity index (χ3v) is 6.14. The number of hydrogen-bond donors (Lipinski definition) is 1. The van der Waals surface area contributed by atoms with Crippen LogP contribution in [0.3, 0.4) is 0 Å². The monoisotopic (exact) mass is 389 g/mol. The quantitative estimate of drug-likeness (QED) is 0.667. The highest BCUT2D eigenvalue weighted by molar-refractivity contribution is 7.86. The molecular weight excluding hydrogens is 362 g/mol. The molecular formula is C21H27NO4S. The average Bonchev–Trinajstić information content (AvgIpc) is 3.10. The zero-order valence-corrected chi connectivity index (χ0v) is 16.5. The SMILES string of the molecule is Cc1ccc(S(=O)(=O)OCCC2CN[C@@H](COCc3ccccc3)C2)cc1. The van der Waals surface area contributed by atoms with Crippen molar-refractivity contribution in [3.05, 3.63) is 65.7 Å². The molecule has 1 saturated heterocycles. The van der Waals surface area contributed by atoms with Crippen molar-refractivity contribution in [3.8, 4) is 0 Å². The molecule has 2 atom stereocenters. The van der Waals surface area contributed by atoms with Gasteiger partial charge in [-0.05, 0) is 49.9 Å². The van der Waals surface area contributed by atoms with Gasteiger partial charge in [0.2, 0.25) is 0 Å². The Labute approximate surface area is 161 Å². The van der Waals surface area contributed by atoms with Crippen LogP contribution in [0.4, 0.5) is 0 Å². The molecule has 2 aromatic carbocycles. The van der Waals surface area contributed by atoms with Crippen molar-refractivity contribution in [1.29, 1.82) is 0 Å². The molecule has 1 unspecified atom stereocenters. The van der Waals surface area contributed by atoms with Crippen LogP contribution in [0, 0.1) is 12.8 Å². The minimum atomic E-state index is -3.67. The van der Waals surface area contributed by atoms with Crippen molar-refractivity contribution >= 4 is 10.1 Å². The maximum absolute atomic E-state index is 12.2. The molecule has 0 amide bonds. The third-order valence-electron chi connectivity index (χ3n) is 4.82. The summed E-state index contributed by atoms with van der Waals surface area (Å²) >= 11 is 0. The summed E-state index contributed by atoms with van der Waals surface area (Å²) in [6.07, 6.45) is 1.69. The minimum absolute atomic E-state index is 0.208. The van der Waals surface area contributed by atoms with Crippen molar-refractivity contribution in [2.45, 2.75) is 37.3 Å². The van der Waals surface area contributed by atoms with Crippen molar-refractivity contribution in [2.75, 3.05) is 19.8 Å². The van der Waals surface area contributed by atoms with Crippen LogP contribution >= 0.6 is 0 Å². The molecule has 0 radical (unpaired) electrons. The van der Waals surface area contributed by atoms with E-state index in [0.717, 1.165) is 18.5 Å². The molecule has 0 aromatic heterocycles. The van der Waals surface area contributed by atoms with E-state index in [-0.39, 0.29) is 11.5 Å². The van der Waals surface area contributed by atoms with Gasteiger partial charge in [-0.1, -0.05) is 48.0 Å². The second-order valence-electron chi connectivity index (χ2n) is 7.09. The van der Waals surface area contributed by atoms with Crippen molar-refractivity contribution < 1.29 is 17.3 Å². The highest BCUT2D eigenvalue weighted by atomic mass is 32.2. The molecule has 27 heavy (non-hydrogen) atoms. The number of nitrogens with one attached hydrogen (secondary N) is 1. The molecule has 1 fully saturated rings. The summed E-state index contributed by atoms with van der Waals surface area (Å²) in [7, 11) is -3.67. The second-order valence-corrected chi connectivity index (χ2v) is 8.70. The normalized spacial score (nSPS) is 20.0. The van der Waals surface area contributed by atoms with Crippen LogP contribution in [0.1, 0.15) is 24.0 Å². The molecule has 1 aliphatic rings. The van der Waals surface area contributed by atoms with E-state index in [1.807, 2.05) is 25.1 Å². The number of ether oxygens (including phenoxy) is 1. The summed E-state index contributed by atoms with van der Waals surface area (Å²) in [6.45, 7) is 4.27. The summed E-state index contributed by atoms with van der Waals surface area (Å²) in [6, 6.07) is 17.1. The van der Waals surface area contributed by atoms with Crippen LogP contribution in [0.5, 0.6) is 0 Å². The van der Waals surface area contributed by atoms with Crippen molar-refractivity contribution in [1.82, 2.24) is 5.32 Å². The Bertz CT molecular complexity index is 806. The fourth-order valence-corrected chi connectivity index (χ4v) is 4.16. The number of benzene rings is 2. The molecule has 3 rings (SSSR count). The van der Waals surface area contributed by atoms with Crippen LogP contribution in [-0.4, -0.2) is 34.2 Å². The van der Waals surface area contributed by atoms with E-state index >= 15 is 0 Å². The van der Waals surface area contributed by atoms with E-state index in [9.17, 15) is 8.42 Å². The van der Waals surface area contributed by atoms with Gasteiger partial charge in [-0.25, -0.2) is 0 Å². The Kier molecular flexibility index (Phi) is 7.01. The largest absolute Gasteiger partial charge is 0.375 e. The summed E-state index contributed by atoms with van der Waals surface area (Å²) in [5, 5.41) is 3.45. The van der Waals surface area contributed by atoms with Gasteiger partial charge < -0.3 is 10.1 Å². The Morgan fingerprint density at radius 2 is 1.81 bits per heavy atom. The lowest BCUT2D eigenvalue weighted by molar-refractivity contribution is 0.102. The van der Waals surface area contributed by atoms with Crippen molar-refractivity contribution in [2.24, 2.45) is 5.92 Å². The molecule has 6 heteroatoms. The molecule has 5 nitrogen and oxygen atoms in total. The lowest BCUT2D eigenvalue weighted by Gasteiger charge is -2.12. The van der Waals surface area contributed by atoms with Crippen molar-refractivity contribution in [3.63, 3.8) is 0 Å². The summed E-state index contributed by atoms with van der Waals surface area (Å²) < 4.78 is 35.4. The van der Waals surface area contributed by atoms with Gasteiger partial charge in [-0.15, -0.1) is 0 Å². The van der Waals surface area contributed by atoms with Gasteiger partial charge in [0.25, 0.3) is 10.1 Å². The van der Waals surface area contributed by atoms with Gasteiger partial charge in [0.1, 0.15) is 0 Å². The standard InChI is InChI=1S/C21H27NO4S/c1-17-7-9-21(10-8-17)27(23,24)26-12-11-19-13-20(22-14-19)16-25-15-18-5-3-2-4-6-18/h2-10,19-20,22H,11-16H2,1H3/t19?,20-/m1/s1. The van der Waals surface area contributed by atoms with Gasteiger partial charge in [-0.2, -0.15) is 8.42 Å². The molecule has 146 valence electrons. The number of aryl methyl sites for hydroxylation is 1. The Balaban J connectivity index is 1.35. The Morgan fingerprint density at radius 1 is 1.07 bits per heavy atom. The molecule has 1 N–H and O–H groups in total. The van der Waals surface area contributed by atoms with E-state index in [1.54, 1.807) is 24.3 Å². The van der Waals surface area contributed by atoms with Gasteiger partial charge in [-0.3, -0.25) is 4.18 Å². The first kappa shape index (κ1) is 20.0. The Morgan fingerprint density at radius 3 is 2.56 bits per heavy atom. The predicted molar refractivity (Wildman–Crippen MR) is 105 cm³/mol. The van der Waals surface area contributed by atoms with Crippen LogP contribution in [0.15, 0.2) is 59.5 Å². The van der Waals surface area contributed by atoms with E-state index in [4.69, 9.17) is 8.92 Å². The first-order chi connectivity index (χ1) is 13.0. The lowest BCUT2D eigenvalue weighted by atomic mass is 10.0. The summed E-state index contributed by atoms with van der Waals surface area (Å²) in [5.74, 6) is 0.406. The first-order valence-corrected chi connectivity index (χ1v) is 10.7. The highest BCUT2D eigenvalue weighted by Crippen LogP contribution is 2.20. The molecule has 0 spiro atoms. The minimum Gasteiger partial charge on any atom is -0.375 e. The molecule has 1 aliphatic heterocycles. The fraction of sp³-hybridized carbons (Fsp3) is 0.429. The van der Waals surface area contributed by atoms with Gasteiger partial charge >= 0.3 is 0 Å². The molecule has 2 aromatic rings. The van der Waals surface area contributed by atoms with Crippen LogP contribution < -0.4 is 5.32 Å². The summed E-state index contributed by atoms with van der Waals surface area (Å²) in [5.41, 5.74) is 2.19. The lowest BCUT2D eigenvalue weighted by Crippen LogP contribution is -2.26. The first-order valence-electron chi connectivity index (χ1n) is 9.34. The van der Waals surface area contributed by atoms with Gasteiger partial charge in [0, 0.05) is 6.04 Å². The van der Waals surface area contributed by atoms with E-state index in [0.29, 0.717) is 31.6 Å². The maximum Gasteiger partial charge on any atom is 0.296 e. The number of hydrogen-bond acceptors (Lipinski definition) is 5. The highest BCUT2D eigenvalue weighted by Gasteiger charge is 2.25. The third kappa shape index (κ3) is 6.14.